The Morgan fingerprint density at radius 1 is 0.833 bits per heavy atom. The lowest BCUT2D eigenvalue weighted by atomic mass is 9.85. The number of hydrogen-bond donors (Lipinski definition) is 0. The van der Waals surface area contributed by atoms with E-state index in [1.165, 1.54) is 10.6 Å². The number of likely N-dealkylation sites (tertiary alicyclic amines) is 1. The molecule has 2 heterocycles. The minimum Gasteiger partial charge on any atom is -0.369 e. The van der Waals surface area contributed by atoms with Crippen molar-refractivity contribution in [1.82, 2.24) is 9.80 Å². The van der Waals surface area contributed by atoms with Crippen molar-refractivity contribution < 1.29 is 9.59 Å². The molecular formula is C19H23N3O2. The number of rotatable bonds is 3. The first-order chi connectivity index (χ1) is 11.7. The largest absolute Gasteiger partial charge is 0.369 e. The van der Waals surface area contributed by atoms with E-state index in [-0.39, 0.29) is 23.7 Å². The summed E-state index contributed by atoms with van der Waals surface area (Å²) < 4.78 is 0. The fourth-order valence-corrected chi connectivity index (χ4v) is 3.99. The summed E-state index contributed by atoms with van der Waals surface area (Å²) in [5.74, 6) is -0.180. The number of anilines is 1. The highest BCUT2D eigenvalue weighted by Crippen LogP contribution is 2.35. The van der Waals surface area contributed by atoms with Crippen molar-refractivity contribution >= 4 is 17.5 Å². The number of carbonyl (C=O) groups excluding carboxylic acids is 2. The Morgan fingerprint density at radius 2 is 1.42 bits per heavy atom. The van der Waals surface area contributed by atoms with Gasteiger partial charge in [-0.25, -0.2) is 0 Å². The zero-order chi connectivity index (χ0) is 16.5. The van der Waals surface area contributed by atoms with Gasteiger partial charge < -0.3 is 4.90 Å². The Labute approximate surface area is 142 Å². The van der Waals surface area contributed by atoms with Gasteiger partial charge in [-0.15, -0.1) is 0 Å². The molecule has 2 atom stereocenters. The van der Waals surface area contributed by atoms with Gasteiger partial charge in [-0.3, -0.25) is 19.4 Å². The monoisotopic (exact) mass is 325 g/mol. The lowest BCUT2D eigenvalue weighted by molar-refractivity contribution is -0.142. The van der Waals surface area contributed by atoms with E-state index in [4.69, 9.17) is 0 Å². The van der Waals surface area contributed by atoms with Crippen LogP contribution in [0.1, 0.15) is 12.8 Å². The molecule has 0 N–H and O–H groups in total. The molecule has 24 heavy (non-hydrogen) atoms. The van der Waals surface area contributed by atoms with Gasteiger partial charge in [0.25, 0.3) is 0 Å². The summed E-state index contributed by atoms with van der Waals surface area (Å²) >= 11 is 0. The van der Waals surface area contributed by atoms with E-state index in [0.717, 1.165) is 26.2 Å². The van der Waals surface area contributed by atoms with Gasteiger partial charge in [-0.05, 0) is 25.0 Å². The fourth-order valence-electron chi connectivity index (χ4n) is 3.99. The van der Waals surface area contributed by atoms with E-state index < -0.39 is 0 Å². The summed E-state index contributed by atoms with van der Waals surface area (Å²) in [5.41, 5.74) is 1.24. The van der Waals surface area contributed by atoms with Gasteiger partial charge in [0.2, 0.25) is 11.8 Å². The molecule has 0 bridgehead atoms. The number of fused-ring (bicyclic) bond motifs is 1. The van der Waals surface area contributed by atoms with Crippen LogP contribution in [0.3, 0.4) is 0 Å². The molecule has 2 amide bonds. The first kappa shape index (κ1) is 15.4. The number of para-hydroxylation sites is 1. The lowest BCUT2D eigenvalue weighted by Gasteiger charge is -2.37. The highest BCUT2D eigenvalue weighted by molar-refractivity contribution is 6.05. The number of hydrogen-bond acceptors (Lipinski definition) is 4. The lowest BCUT2D eigenvalue weighted by Crippen LogP contribution is -2.51. The first-order valence-corrected chi connectivity index (χ1v) is 8.76. The van der Waals surface area contributed by atoms with Crippen LogP contribution < -0.4 is 4.90 Å². The average molecular weight is 325 g/mol. The quantitative estimate of drug-likeness (QED) is 0.627. The standard InChI is InChI=1S/C19H23N3O2/c23-18-16-8-4-5-9-17(16)19(24)22(18)14-20-10-12-21(13-11-20)15-6-2-1-3-7-15/h1-7,16-17H,8-14H2/t16-,17-/m0/s1. The molecule has 1 aliphatic carbocycles. The van der Waals surface area contributed by atoms with Crippen LogP contribution in [0.2, 0.25) is 0 Å². The van der Waals surface area contributed by atoms with Crippen LogP contribution in [0.4, 0.5) is 5.69 Å². The molecule has 2 fully saturated rings. The van der Waals surface area contributed by atoms with Crippen LogP contribution >= 0.6 is 0 Å². The molecule has 5 heteroatoms. The minimum atomic E-state index is -0.117. The third-order valence-electron chi connectivity index (χ3n) is 5.43. The van der Waals surface area contributed by atoms with Gasteiger partial charge >= 0.3 is 0 Å². The third kappa shape index (κ3) is 2.73. The van der Waals surface area contributed by atoms with Crippen LogP contribution in [-0.4, -0.2) is 54.5 Å². The Morgan fingerprint density at radius 3 is 2.00 bits per heavy atom. The second kappa shape index (κ2) is 6.40. The van der Waals surface area contributed by atoms with Gasteiger partial charge in [-0.1, -0.05) is 30.4 Å². The molecule has 0 radical (unpaired) electrons. The topological polar surface area (TPSA) is 43.9 Å². The normalized spacial score (nSPS) is 27.7. The second-order valence-electron chi connectivity index (χ2n) is 6.84. The Hall–Kier alpha value is -2.14. The summed E-state index contributed by atoms with van der Waals surface area (Å²) in [6.45, 7) is 4.05. The summed E-state index contributed by atoms with van der Waals surface area (Å²) in [7, 11) is 0. The van der Waals surface area contributed by atoms with Crippen molar-refractivity contribution in [2.45, 2.75) is 12.8 Å². The molecular weight excluding hydrogens is 302 g/mol. The Kier molecular flexibility index (Phi) is 4.10. The molecule has 0 saturated carbocycles. The van der Waals surface area contributed by atoms with E-state index in [9.17, 15) is 9.59 Å². The molecule has 0 unspecified atom stereocenters. The van der Waals surface area contributed by atoms with E-state index >= 15 is 0 Å². The zero-order valence-corrected chi connectivity index (χ0v) is 13.8. The van der Waals surface area contributed by atoms with E-state index in [1.807, 2.05) is 18.2 Å². The van der Waals surface area contributed by atoms with Crippen molar-refractivity contribution in [3.8, 4) is 0 Å². The van der Waals surface area contributed by atoms with Gasteiger partial charge in [-0.2, -0.15) is 0 Å². The molecule has 1 aromatic carbocycles. The van der Waals surface area contributed by atoms with Crippen LogP contribution in [0.15, 0.2) is 42.5 Å². The number of carbonyl (C=O) groups is 2. The molecule has 5 nitrogen and oxygen atoms in total. The van der Waals surface area contributed by atoms with Gasteiger partial charge in [0, 0.05) is 31.9 Å². The maximum Gasteiger partial charge on any atom is 0.234 e. The number of amides is 2. The molecule has 0 spiro atoms. The van der Waals surface area contributed by atoms with E-state index in [2.05, 4.69) is 34.1 Å². The minimum absolute atomic E-state index is 0.0276. The van der Waals surface area contributed by atoms with Crippen molar-refractivity contribution in [2.24, 2.45) is 11.8 Å². The number of imide groups is 1. The smallest absolute Gasteiger partial charge is 0.234 e. The van der Waals surface area contributed by atoms with Crippen LogP contribution in [0.25, 0.3) is 0 Å². The predicted molar refractivity (Wildman–Crippen MR) is 92.3 cm³/mol. The summed E-state index contributed by atoms with van der Waals surface area (Å²) in [5, 5.41) is 0. The highest BCUT2D eigenvalue weighted by atomic mass is 16.2. The van der Waals surface area contributed by atoms with Crippen molar-refractivity contribution in [3.05, 3.63) is 42.5 Å². The van der Waals surface area contributed by atoms with Crippen LogP contribution in [0, 0.1) is 11.8 Å². The summed E-state index contributed by atoms with van der Waals surface area (Å²) in [6.07, 6.45) is 5.50. The van der Waals surface area contributed by atoms with Crippen LogP contribution in [0.5, 0.6) is 0 Å². The summed E-state index contributed by atoms with van der Waals surface area (Å²) in [4.78, 5) is 31.2. The van der Waals surface area contributed by atoms with E-state index in [1.54, 1.807) is 0 Å². The molecule has 3 aliphatic rings. The Bertz CT molecular complexity index is 624. The molecule has 126 valence electrons. The number of allylic oxidation sites excluding steroid dienone is 2. The van der Waals surface area contributed by atoms with Crippen molar-refractivity contribution in [2.75, 3.05) is 37.7 Å². The molecule has 0 aromatic heterocycles. The van der Waals surface area contributed by atoms with Gasteiger partial charge in [0.15, 0.2) is 0 Å². The molecule has 2 aliphatic heterocycles. The fraction of sp³-hybridized carbons (Fsp3) is 0.474. The first-order valence-electron chi connectivity index (χ1n) is 8.76. The van der Waals surface area contributed by atoms with Gasteiger partial charge in [0.1, 0.15) is 0 Å². The third-order valence-corrected chi connectivity index (χ3v) is 5.43. The Balaban J connectivity index is 1.36. The maximum atomic E-state index is 12.5. The molecule has 2 saturated heterocycles. The van der Waals surface area contributed by atoms with Crippen molar-refractivity contribution in [3.63, 3.8) is 0 Å². The summed E-state index contributed by atoms with van der Waals surface area (Å²) in [6, 6.07) is 10.4. The molecule has 1 aromatic rings. The van der Waals surface area contributed by atoms with Crippen molar-refractivity contribution in [1.29, 1.82) is 0 Å². The zero-order valence-electron chi connectivity index (χ0n) is 13.8. The highest BCUT2D eigenvalue weighted by Gasteiger charge is 2.47. The maximum absolute atomic E-state index is 12.5. The predicted octanol–water partition coefficient (Wildman–Crippen LogP) is 1.72. The van der Waals surface area contributed by atoms with Gasteiger partial charge in [0.05, 0.1) is 18.5 Å². The van der Waals surface area contributed by atoms with E-state index in [0.29, 0.717) is 19.5 Å². The second-order valence-corrected chi connectivity index (χ2v) is 6.84. The SMILES string of the molecule is O=C1[C@H]2CC=CC[C@@H]2C(=O)N1CN1CCN(c2ccccc2)CC1. The molecule has 4 rings (SSSR count). The number of benzene rings is 1. The van der Waals surface area contributed by atoms with Crippen LogP contribution in [-0.2, 0) is 9.59 Å². The number of piperazine rings is 1. The average Bonchev–Trinajstić information content (AvgIpc) is 2.88. The number of nitrogens with zero attached hydrogens (tertiary/aromatic N) is 3.